The van der Waals surface area contributed by atoms with Gasteiger partial charge in [0.1, 0.15) is 6.07 Å². The third-order valence-corrected chi connectivity index (χ3v) is 8.88. The summed E-state index contributed by atoms with van der Waals surface area (Å²) in [6.07, 6.45) is 0. The second-order valence-corrected chi connectivity index (χ2v) is 11.7. The van der Waals surface area contributed by atoms with Gasteiger partial charge in [0, 0.05) is 43.9 Å². The Balaban J connectivity index is 1.27. The number of fused-ring (bicyclic) bond motifs is 7. The van der Waals surface area contributed by atoms with Crippen molar-refractivity contribution in [2.75, 3.05) is 0 Å². The molecule has 0 atom stereocenters. The van der Waals surface area contributed by atoms with Crippen molar-refractivity contribution in [3.63, 3.8) is 0 Å². The summed E-state index contributed by atoms with van der Waals surface area (Å²) >= 11 is 0. The molecule has 0 amide bonds. The van der Waals surface area contributed by atoms with Crippen molar-refractivity contribution >= 4 is 43.6 Å². The zero-order chi connectivity index (χ0) is 47.7. The summed E-state index contributed by atoms with van der Waals surface area (Å²) in [7, 11) is 0. The van der Waals surface area contributed by atoms with E-state index in [1.54, 1.807) is 28.8 Å². The third kappa shape index (κ3) is 4.61. The Kier molecular flexibility index (Phi) is 4.13. The summed E-state index contributed by atoms with van der Waals surface area (Å²) < 4.78 is 131. The molecule has 6 heteroatoms. The maximum Gasteiger partial charge on any atom is 0.164 e. The zero-order valence-corrected chi connectivity index (χ0v) is 26.7. The van der Waals surface area contributed by atoms with Crippen LogP contribution in [0.5, 0.6) is 0 Å². The number of benzene rings is 7. The molecule has 6 nitrogen and oxygen atoms in total. The van der Waals surface area contributed by atoms with Crippen LogP contribution in [0.25, 0.3) is 89.2 Å². The molecule has 0 unspecified atom stereocenters. The molecule has 0 saturated heterocycles. The van der Waals surface area contributed by atoms with Crippen molar-refractivity contribution in [3.8, 4) is 51.6 Å². The van der Waals surface area contributed by atoms with Gasteiger partial charge >= 0.3 is 0 Å². The summed E-state index contributed by atoms with van der Waals surface area (Å²) in [5.74, 6) is -1.12. The normalized spacial score (nSPS) is 15.5. The molecule has 0 aliphatic heterocycles. The molecule has 0 radical (unpaired) electrons. The largest absolute Gasteiger partial charge is 0.309 e. The Morgan fingerprint density at radius 3 is 1.69 bits per heavy atom. The molecule has 3 aromatic heterocycles. The molecule has 0 N–H and O–H groups in total. The highest BCUT2D eigenvalue weighted by molar-refractivity contribution is 6.26. The Labute approximate surface area is 320 Å². The quantitative estimate of drug-likeness (QED) is 0.181. The van der Waals surface area contributed by atoms with E-state index < -0.39 is 101 Å². The van der Waals surface area contributed by atoms with Gasteiger partial charge < -0.3 is 9.13 Å². The van der Waals surface area contributed by atoms with Crippen LogP contribution in [0.2, 0.25) is 0 Å². The first-order chi connectivity index (χ1) is 32.0. The minimum Gasteiger partial charge on any atom is -0.309 e. The summed E-state index contributed by atoms with van der Waals surface area (Å²) in [6.45, 7) is 0. The number of aromatic nitrogens is 5. The lowest BCUT2D eigenvalue weighted by atomic mass is 10.1. The van der Waals surface area contributed by atoms with Crippen molar-refractivity contribution in [1.29, 1.82) is 5.26 Å². The highest BCUT2D eigenvalue weighted by Gasteiger charge is 2.22. The van der Waals surface area contributed by atoms with Crippen molar-refractivity contribution in [1.82, 2.24) is 24.1 Å². The zero-order valence-electron chi connectivity index (χ0n) is 41.7. The predicted molar refractivity (Wildman–Crippen MR) is 210 cm³/mol. The first-order valence-corrected chi connectivity index (χ1v) is 16.0. The fourth-order valence-corrected chi connectivity index (χ4v) is 6.77. The minimum absolute atomic E-state index is 0.0374. The standard InChI is InChI=1S/C46H28N6/c47-29-33-28-32(46-49-44(30-14-4-1-5-15-30)48-45(50-46)31-16-6-2-7-17-31)24-26-38(33)52-39-22-12-10-20-35(39)36-25-27-41-42(43(36)52)37-21-11-13-23-40(37)51(41)34-18-8-3-9-19-34/h1-28H/i1D,2D,3D,4D,5D,6D,7D,8D,9D,14D,15D,16D,17D,18D,19D. The second kappa shape index (κ2) is 11.9. The van der Waals surface area contributed by atoms with Gasteiger partial charge in [-0.25, -0.2) is 15.0 Å². The van der Waals surface area contributed by atoms with E-state index in [4.69, 9.17) is 20.6 Å². The SMILES string of the molecule is [2H]c1c([2H])c([2H])c(-c2nc(-c3ccc(-n4c5ccccc5c5ccc6c(c7ccccc7n6-c6c([2H])c([2H])c([2H])c([2H])c6[2H])c54)c(C#N)c3)nc(-c3c([2H])c([2H])c([2H])c([2H])c3[2H])n2)c([2H])c1[2H]. The van der Waals surface area contributed by atoms with E-state index in [1.807, 2.05) is 53.1 Å². The van der Waals surface area contributed by atoms with E-state index in [0.29, 0.717) is 38.5 Å². The van der Waals surface area contributed by atoms with Gasteiger partial charge in [-0.1, -0.05) is 121 Å². The van der Waals surface area contributed by atoms with Gasteiger partial charge in [-0.2, -0.15) is 5.26 Å². The number of hydrogen-bond donors (Lipinski definition) is 0. The monoisotopic (exact) mass is 679 g/mol. The molecule has 10 aromatic rings. The molecule has 242 valence electrons. The second-order valence-electron chi connectivity index (χ2n) is 11.7. The van der Waals surface area contributed by atoms with Crippen LogP contribution in [0, 0.1) is 11.3 Å². The fourth-order valence-electron chi connectivity index (χ4n) is 6.77. The molecule has 0 aliphatic rings. The van der Waals surface area contributed by atoms with Crippen molar-refractivity contribution in [3.05, 3.63) is 175 Å². The minimum atomic E-state index is -0.685. The molecular weight excluding hydrogens is 637 g/mol. The summed E-state index contributed by atoms with van der Waals surface area (Å²) in [5.41, 5.74) is 2.15. The van der Waals surface area contributed by atoms with Crippen LogP contribution < -0.4 is 0 Å². The lowest BCUT2D eigenvalue weighted by Crippen LogP contribution is -2.02. The summed E-state index contributed by atoms with van der Waals surface area (Å²) in [4.78, 5) is 13.4. The molecule has 10 rings (SSSR count). The van der Waals surface area contributed by atoms with E-state index in [1.165, 1.54) is 6.07 Å². The molecule has 0 spiro atoms. The van der Waals surface area contributed by atoms with Crippen LogP contribution in [0.4, 0.5) is 0 Å². The Hall–Kier alpha value is -7.36. The van der Waals surface area contributed by atoms with Crippen molar-refractivity contribution < 1.29 is 20.6 Å². The number of nitrogens with zero attached hydrogens (tertiary/aromatic N) is 6. The molecule has 7 aromatic carbocycles. The first-order valence-electron chi connectivity index (χ1n) is 23.5. The highest BCUT2D eigenvalue weighted by atomic mass is 15.0. The van der Waals surface area contributed by atoms with E-state index in [-0.39, 0.29) is 34.7 Å². The smallest absolute Gasteiger partial charge is 0.164 e. The number of rotatable bonds is 5. The Morgan fingerprint density at radius 1 is 0.500 bits per heavy atom. The van der Waals surface area contributed by atoms with Gasteiger partial charge in [-0.15, -0.1) is 0 Å². The van der Waals surface area contributed by atoms with Gasteiger partial charge in [-0.3, -0.25) is 0 Å². The predicted octanol–water partition coefficient (Wildman–Crippen LogP) is 10.9. The lowest BCUT2D eigenvalue weighted by molar-refractivity contribution is 1.07. The van der Waals surface area contributed by atoms with E-state index in [0.717, 1.165) is 10.8 Å². The van der Waals surface area contributed by atoms with Gasteiger partial charge in [0.15, 0.2) is 17.5 Å². The highest BCUT2D eigenvalue weighted by Crippen LogP contribution is 2.42. The first kappa shape index (κ1) is 18.0. The number of hydrogen-bond acceptors (Lipinski definition) is 4. The molecule has 0 fully saturated rings. The number of para-hydroxylation sites is 3. The van der Waals surface area contributed by atoms with E-state index in [9.17, 15) is 5.26 Å². The van der Waals surface area contributed by atoms with E-state index >= 15 is 0 Å². The average Bonchev–Trinajstić information content (AvgIpc) is 3.85. The maximum absolute atomic E-state index is 11.0. The summed E-state index contributed by atoms with van der Waals surface area (Å²) in [5, 5.41) is 13.9. The fraction of sp³-hybridized carbons (Fsp3) is 0. The van der Waals surface area contributed by atoms with Crippen LogP contribution >= 0.6 is 0 Å². The third-order valence-electron chi connectivity index (χ3n) is 8.88. The van der Waals surface area contributed by atoms with Gasteiger partial charge in [0.25, 0.3) is 0 Å². The number of nitriles is 1. The van der Waals surface area contributed by atoms with Gasteiger partial charge in [0.2, 0.25) is 0 Å². The van der Waals surface area contributed by atoms with Crippen LogP contribution in [0.3, 0.4) is 0 Å². The molecule has 0 saturated carbocycles. The Bertz CT molecular complexity index is 3740. The molecule has 3 heterocycles. The molecule has 0 bridgehead atoms. The topological polar surface area (TPSA) is 72.3 Å². The van der Waals surface area contributed by atoms with Crippen LogP contribution in [0.15, 0.2) is 169 Å². The van der Waals surface area contributed by atoms with Gasteiger partial charge in [0.05, 0.1) is 53.9 Å². The molecular formula is C46H28N6. The van der Waals surface area contributed by atoms with Gasteiger partial charge in [-0.05, 0) is 48.5 Å². The van der Waals surface area contributed by atoms with E-state index in [2.05, 4.69) is 21.0 Å². The van der Waals surface area contributed by atoms with Crippen LogP contribution in [-0.4, -0.2) is 24.1 Å². The van der Waals surface area contributed by atoms with Crippen LogP contribution in [0.1, 0.15) is 26.1 Å². The van der Waals surface area contributed by atoms with Crippen molar-refractivity contribution in [2.24, 2.45) is 0 Å². The lowest BCUT2D eigenvalue weighted by Gasteiger charge is -2.13. The van der Waals surface area contributed by atoms with Crippen molar-refractivity contribution in [2.45, 2.75) is 0 Å². The average molecular weight is 680 g/mol. The molecule has 0 aliphatic carbocycles. The summed E-state index contributed by atoms with van der Waals surface area (Å²) in [6, 6.07) is 16.5. The maximum atomic E-state index is 11.0. The molecule has 52 heavy (non-hydrogen) atoms. The Morgan fingerprint density at radius 2 is 1.06 bits per heavy atom. The van der Waals surface area contributed by atoms with Crippen LogP contribution in [-0.2, 0) is 0 Å².